The normalized spacial score (nSPS) is 28.6. The minimum absolute atomic E-state index is 0.208. The largest absolute Gasteiger partial charge is 0.406 e. The second kappa shape index (κ2) is 6.33. The maximum Gasteiger partial charge on any atom is 0.406 e. The average molecular weight is 292 g/mol. The summed E-state index contributed by atoms with van der Waals surface area (Å²) in [6.07, 6.45) is -0.459. The zero-order valence-electron chi connectivity index (χ0n) is 11.9. The van der Waals surface area contributed by atoms with Crippen molar-refractivity contribution in [2.24, 2.45) is 11.8 Å². The maximum atomic E-state index is 12.8. The van der Waals surface area contributed by atoms with Gasteiger partial charge < -0.3 is 10.2 Å². The Hall–Kier alpha value is -0.780. The molecule has 2 unspecified atom stereocenters. The summed E-state index contributed by atoms with van der Waals surface area (Å²) in [5.41, 5.74) is 0. The molecular formula is C14H23F3N2O. The van der Waals surface area contributed by atoms with E-state index in [4.69, 9.17) is 0 Å². The first-order valence-corrected chi connectivity index (χ1v) is 7.46. The molecule has 2 rings (SSSR count). The summed E-state index contributed by atoms with van der Waals surface area (Å²) in [7, 11) is 0. The van der Waals surface area contributed by atoms with Gasteiger partial charge in [-0.1, -0.05) is 13.3 Å². The third-order valence-corrected chi connectivity index (χ3v) is 4.56. The summed E-state index contributed by atoms with van der Waals surface area (Å²) in [6, 6.07) is -0.266. The predicted octanol–water partition coefficient (Wildman–Crippen LogP) is 2.57. The number of rotatable bonds is 3. The van der Waals surface area contributed by atoms with E-state index in [1.165, 1.54) is 0 Å². The van der Waals surface area contributed by atoms with E-state index >= 15 is 0 Å². The van der Waals surface area contributed by atoms with Crippen LogP contribution >= 0.6 is 0 Å². The molecule has 0 aromatic rings. The van der Waals surface area contributed by atoms with Crippen molar-refractivity contribution in [3.8, 4) is 0 Å². The van der Waals surface area contributed by atoms with Crippen molar-refractivity contribution >= 4 is 5.91 Å². The van der Waals surface area contributed by atoms with Crippen molar-refractivity contribution < 1.29 is 18.0 Å². The molecule has 1 saturated heterocycles. The SMILES string of the molecule is CC1CCCC1C(=O)N(CC(F)(F)F)C1CCNCC1. The van der Waals surface area contributed by atoms with Gasteiger partial charge in [0, 0.05) is 12.0 Å². The first kappa shape index (κ1) is 15.6. The van der Waals surface area contributed by atoms with Gasteiger partial charge in [-0.3, -0.25) is 4.79 Å². The number of carbonyl (C=O) groups excluding carboxylic acids is 1. The molecule has 0 aromatic heterocycles. The highest BCUT2D eigenvalue weighted by atomic mass is 19.4. The van der Waals surface area contributed by atoms with Gasteiger partial charge in [-0.15, -0.1) is 0 Å². The third-order valence-electron chi connectivity index (χ3n) is 4.56. The number of carbonyl (C=O) groups is 1. The van der Waals surface area contributed by atoms with Crippen LogP contribution in [0.15, 0.2) is 0 Å². The maximum absolute atomic E-state index is 12.8. The Morgan fingerprint density at radius 1 is 1.20 bits per heavy atom. The van der Waals surface area contributed by atoms with Gasteiger partial charge in [-0.25, -0.2) is 0 Å². The van der Waals surface area contributed by atoms with Gasteiger partial charge in [0.05, 0.1) is 0 Å². The number of halogens is 3. The third kappa shape index (κ3) is 3.87. The van der Waals surface area contributed by atoms with E-state index in [1.807, 2.05) is 6.92 Å². The molecule has 1 saturated carbocycles. The summed E-state index contributed by atoms with van der Waals surface area (Å²) in [5.74, 6) is -0.286. The van der Waals surface area contributed by atoms with Gasteiger partial charge >= 0.3 is 6.18 Å². The standard InChI is InChI=1S/C14H23F3N2O/c1-10-3-2-4-12(10)13(20)19(9-14(15,16)17)11-5-7-18-8-6-11/h10-12,18H,2-9H2,1H3. The summed E-state index contributed by atoms with van der Waals surface area (Å²) in [6.45, 7) is 2.25. The highest BCUT2D eigenvalue weighted by molar-refractivity contribution is 5.79. The van der Waals surface area contributed by atoms with Crippen molar-refractivity contribution in [1.82, 2.24) is 10.2 Å². The van der Waals surface area contributed by atoms with Crippen molar-refractivity contribution in [3.05, 3.63) is 0 Å². The molecule has 3 nitrogen and oxygen atoms in total. The molecule has 116 valence electrons. The minimum atomic E-state index is -4.32. The molecular weight excluding hydrogens is 269 g/mol. The van der Waals surface area contributed by atoms with E-state index in [1.54, 1.807) is 0 Å². The molecule has 0 aromatic carbocycles. The Labute approximate surface area is 117 Å². The fraction of sp³-hybridized carbons (Fsp3) is 0.929. The second-order valence-electron chi connectivity index (χ2n) is 6.08. The Morgan fingerprint density at radius 2 is 1.85 bits per heavy atom. The summed E-state index contributed by atoms with van der Waals surface area (Å²) in [4.78, 5) is 13.7. The van der Waals surface area contributed by atoms with Crippen LogP contribution in [0.1, 0.15) is 39.0 Å². The molecule has 1 aliphatic heterocycles. The molecule has 1 amide bonds. The van der Waals surface area contributed by atoms with Gasteiger partial charge in [0.2, 0.25) is 5.91 Å². The molecule has 1 N–H and O–H groups in total. The number of hydrogen-bond donors (Lipinski definition) is 1. The minimum Gasteiger partial charge on any atom is -0.330 e. The molecule has 0 spiro atoms. The summed E-state index contributed by atoms with van der Waals surface area (Å²) >= 11 is 0. The Bertz CT molecular complexity index is 340. The topological polar surface area (TPSA) is 32.3 Å². The van der Waals surface area contributed by atoms with E-state index in [9.17, 15) is 18.0 Å². The molecule has 1 aliphatic carbocycles. The zero-order chi connectivity index (χ0) is 14.8. The molecule has 0 radical (unpaired) electrons. The van der Waals surface area contributed by atoms with Crippen LogP contribution < -0.4 is 5.32 Å². The van der Waals surface area contributed by atoms with E-state index in [0.29, 0.717) is 25.9 Å². The lowest BCUT2D eigenvalue weighted by Gasteiger charge is -2.37. The molecule has 20 heavy (non-hydrogen) atoms. The van der Waals surface area contributed by atoms with Gasteiger partial charge in [-0.2, -0.15) is 13.2 Å². The van der Waals surface area contributed by atoms with Crippen LogP contribution in [0.3, 0.4) is 0 Å². The zero-order valence-corrected chi connectivity index (χ0v) is 11.9. The Kier molecular flexibility index (Phi) is 4.94. The van der Waals surface area contributed by atoms with E-state index in [2.05, 4.69) is 5.32 Å². The van der Waals surface area contributed by atoms with Crippen LogP contribution in [0, 0.1) is 11.8 Å². The van der Waals surface area contributed by atoms with Crippen LogP contribution in [0.5, 0.6) is 0 Å². The highest BCUT2D eigenvalue weighted by Gasteiger charge is 2.41. The van der Waals surface area contributed by atoms with E-state index in [-0.39, 0.29) is 23.8 Å². The lowest BCUT2D eigenvalue weighted by molar-refractivity contribution is -0.170. The number of amides is 1. The van der Waals surface area contributed by atoms with Crippen molar-refractivity contribution in [1.29, 1.82) is 0 Å². The van der Waals surface area contributed by atoms with Crippen LogP contribution in [-0.4, -0.2) is 42.7 Å². The monoisotopic (exact) mass is 292 g/mol. The fourth-order valence-corrected chi connectivity index (χ4v) is 3.42. The number of alkyl halides is 3. The molecule has 2 aliphatic rings. The molecule has 6 heteroatoms. The fourth-order valence-electron chi connectivity index (χ4n) is 3.42. The molecule has 2 atom stereocenters. The Morgan fingerprint density at radius 3 is 2.35 bits per heavy atom. The number of nitrogens with one attached hydrogen (secondary N) is 1. The molecule has 0 bridgehead atoms. The van der Waals surface area contributed by atoms with Crippen LogP contribution in [0.25, 0.3) is 0 Å². The van der Waals surface area contributed by atoms with Gasteiger partial charge in [0.1, 0.15) is 6.54 Å². The number of hydrogen-bond acceptors (Lipinski definition) is 2. The predicted molar refractivity (Wildman–Crippen MR) is 70.2 cm³/mol. The second-order valence-corrected chi connectivity index (χ2v) is 6.08. The summed E-state index contributed by atoms with van der Waals surface area (Å²) < 4.78 is 38.4. The van der Waals surface area contributed by atoms with Crippen molar-refractivity contribution in [3.63, 3.8) is 0 Å². The average Bonchev–Trinajstić information content (AvgIpc) is 2.81. The molecule has 1 heterocycles. The van der Waals surface area contributed by atoms with Crippen LogP contribution in [-0.2, 0) is 4.79 Å². The summed E-state index contributed by atoms with van der Waals surface area (Å²) in [5, 5.41) is 3.13. The van der Waals surface area contributed by atoms with Crippen LogP contribution in [0.4, 0.5) is 13.2 Å². The van der Waals surface area contributed by atoms with Crippen LogP contribution in [0.2, 0.25) is 0 Å². The lowest BCUT2D eigenvalue weighted by atomic mass is 9.94. The molecule has 2 fully saturated rings. The quantitative estimate of drug-likeness (QED) is 0.867. The van der Waals surface area contributed by atoms with Crippen molar-refractivity contribution in [2.75, 3.05) is 19.6 Å². The van der Waals surface area contributed by atoms with Crippen molar-refractivity contribution in [2.45, 2.75) is 51.2 Å². The first-order valence-electron chi connectivity index (χ1n) is 7.46. The van der Waals surface area contributed by atoms with Gasteiger partial charge in [0.15, 0.2) is 0 Å². The first-order chi connectivity index (χ1) is 9.38. The lowest BCUT2D eigenvalue weighted by Crippen LogP contribution is -2.51. The number of piperidine rings is 1. The van der Waals surface area contributed by atoms with Gasteiger partial charge in [-0.05, 0) is 44.7 Å². The smallest absolute Gasteiger partial charge is 0.330 e. The van der Waals surface area contributed by atoms with E-state index < -0.39 is 12.7 Å². The van der Waals surface area contributed by atoms with E-state index in [0.717, 1.165) is 24.2 Å². The Balaban J connectivity index is 2.10. The van der Waals surface area contributed by atoms with Gasteiger partial charge in [0.25, 0.3) is 0 Å². The highest BCUT2D eigenvalue weighted by Crippen LogP contribution is 2.34. The number of nitrogens with zero attached hydrogens (tertiary/aromatic N) is 1.